The summed E-state index contributed by atoms with van der Waals surface area (Å²) in [7, 11) is 0. The molecule has 1 aromatic heterocycles. The van der Waals surface area contributed by atoms with E-state index in [0.29, 0.717) is 15.1 Å². The molecule has 2 N–H and O–H groups in total. The van der Waals surface area contributed by atoms with Gasteiger partial charge in [0.05, 0.1) is 26.3 Å². The van der Waals surface area contributed by atoms with E-state index in [9.17, 15) is 0 Å². The molecule has 1 fully saturated rings. The van der Waals surface area contributed by atoms with Gasteiger partial charge in [-0.25, -0.2) is 4.68 Å². The molecule has 0 unspecified atom stereocenters. The van der Waals surface area contributed by atoms with E-state index in [2.05, 4.69) is 35.2 Å². The van der Waals surface area contributed by atoms with Gasteiger partial charge in [0.2, 0.25) is 0 Å². The topological polar surface area (TPSA) is 47.1 Å². The molecule has 0 radical (unpaired) electrons. The lowest BCUT2D eigenvalue weighted by Crippen LogP contribution is -2.44. The molecule has 0 amide bonds. The summed E-state index contributed by atoms with van der Waals surface area (Å²) in [6.07, 6.45) is 5.10. The molecule has 7 heteroatoms. The number of rotatable bonds is 2. The number of fused-ring (bicyclic) bond motifs is 2. The molecule has 2 aliphatic rings. The largest absolute Gasteiger partial charge is 0.371 e. The monoisotopic (exact) mass is 496 g/mol. The smallest absolute Gasteiger partial charge is 0.0963 e. The highest BCUT2D eigenvalue weighted by atomic mass is 35.5. The molecular weight excluding hydrogens is 475 g/mol. The molecule has 1 aliphatic carbocycles. The number of hydrogen-bond acceptors (Lipinski definition) is 3. The van der Waals surface area contributed by atoms with Crippen molar-refractivity contribution >= 4 is 51.4 Å². The SMILES string of the molecule is N[C@@H]1c2ccccc2CC12CCN(c1cc(Cl)c3cn(-c4cccc(Cl)c4Cl)nc3c1)CC2. The summed E-state index contributed by atoms with van der Waals surface area (Å²) in [6, 6.07) is 18.4. The first kappa shape index (κ1) is 21.3. The molecule has 4 aromatic rings. The first-order valence-electron chi connectivity index (χ1n) is 11.2. The Morgan fingerprint density at radius 2 is 1.73 bits per heavy atom. The van der Waals surface area contributed by atoms with Gasteiger partial charge < -0.3 is 10.6 Å². The van der Waals surface area contributed by atoms with Crippen LogP contribution < -0.4 is 10.6 Å². The minimum absolute atomic E-state index is 0.111. The average molecular weight is 498 g/mol. The van der Waals surface area contributed by atoms with E-state index in [1.807, 2.05) is 24.4 Å². The van der Waals surface area contributed by atoms with Gasteiger partial charge in [0.15, 0.2) is 0 Å². The minimum Gasteiger partial charge on any atom is -0.371 e. The van der Waals surface area contributed by atoms with Crippen molar-refractivity contribution in [2.75, 3.05) is 18.0 Å². The van der Waals surface area contributed by atoms with Gasteiger partial charge in [-0.3, -0.25) is 0 Å². The minimum atomic E-state index is 0.111. The third-order valence-electron chi connectivity index (χ3n) is 7.45. The van der Waals surface area contributed by atoms with Crippen LogP contribution in [0.2, 0.25) is 15.1 Å². The Morgan fingerprint density at radius 3 is 2.52 bits per heavy atom. The number of anilines is 1. The zero-order valence-electron chi connectivity index (χ0n) is 17.9. The second-order valence-corrected chi connectivity index (χ2v) is 10.4. The maximum atomic E-state index is 6.75. The third-order valence-corrected chi connectivity index (χ3v) is 8.58. The zero-order chi connectivity index (χ0) is 22.7. The summed E-state index contributed by atoms with van der Waals surface area (Å²) < 4.78 is 1.74. The van der Waals surface area contributed by atoms with Crippen molar-refractivity contribution in [2.24, 2.45) is 11.1 Å². The van der Waals surface area contributed by atoms with E-state index in [1.165, 1.54) is 11.1 Å². The van der Waals surface area contributed by atoms with Gasteiger partial charge in [-0.1, -0.05) is 65.1 Å². The number of nitrogens with zero attached hydrogens (tertiary/aromatic N) is 3. The number of hydrogen-bond donors (Lipinski definition) is 1. The van der Waals surface area contributed by atoms with Crippen LogP contribution in [0, 0.1) is 5.41 Å². The molecule has 0 bridgehead atoms. The van der Waals surface area contributed by atoms with Gasteiger partial charge in [0.25, 0.3) is 0 Å². The van der Waals surface area contributed by atoms with E-state index in [4.69, 9.17) is 45.6 Å². The van der Waals surface area contributed by atoms with Gasteiger partial charge in [0, 0.05) is 36.4 Å². The Balaban J connectivity index is 1.28. The van der Waals surface area contributed by atoms with Gasteiger partial charge in [-0.15, -0.1) is 0 Å². The van der Waals surface area contributed by atoms with Gasteiger partial charge in [0.1, 0.15) is 0 Å². The first-order valence-corrected chi connectivity index (χ1v) is 12.3. The van der Waals surface area contributed by atoms with E-state index >= 15 is 0 Å². The normalized spacial score (nSPS) is 19.4. The van der Waals surface area contributed by atoms with Crippen LogP contribution in [0.1, 0.15) is 30.0 Å². The lowest BCUT2D eigenvalue weighted by atomic mass is 9.73. The van der Waals surface area contributed by atoms with Crippen molar-refractivity contribution in [1.29, 1.82) is 0 Å². The first-order chi connectivity index (χ1) is 15.9. The highest BCUT2D eigenvalue weighted by molar-refractivity contribution is 6.43. The van der Waals surface area contributed by atoms with Crippen LogP contribution in [0.5, 0.6) is 0 Å². The fourth-order valence-electron chi connectivity index (χ4n) is 5.56. The third kappa shape index (κ3) is 3.43. The summed E-state index contributed by atoms with van der Waals surface area (Å²) in [6.45, 7) is 1.90. The van der Waals surface area contributed by atoms with E-state index in [1.54, 1.807) is 10.7 Å². The van der Waals surface area contributed by atoms with Crippen molar-refractivity contribution in [3.63, 3.8) is 0 Å². The van der Waals surface area contributed by atoms with Crippen LogP contribution in [-0.4, -0.2) is 22.9 Å². The molecule has 0 saturated carbocycles. The second kappa shape index (κ2) is 7.92. The molecule has 1 atom stereocenters. The second-order valence-electron chi connectivity index (χ2n) is 9.21. The Labute approximate surface area is 207 Å². The summed E-state index contributed by atoms with van der Waals surface area (Å²) in [5.41, 5.74) is 12.3. The summed E-state index contributed by atoms with van der Waals surface area (Å²) in [5, 5.41) is 7.29. The number of benzene rings is 3. The maximum Gasteiger partial charge on any atom is 0.0963 e. The molecule has 168 valence electrons. The summed E-state index contributed by atoms with van der Waals surface area (Å²) in [4.78, 5) is 2.40. The van der Waals surface area contributed by atoms with Crippen LogP contribution >= 0.6 is 34.8 Å². The van der Waals surface area contributed by atoms with Crippen LogP contribution in [-0.2, 0) is 6.42 Å². The van der Waals surface area contributed by atoms with Gasteiger partial charge >= 0.3 is 0 Å². The Bertz CT molecular complexity index is 1370. The molecule has 1 spiro atoms. The molecule has 1 aliphatic heterocycles. The number of nitrogens with two attached hydrogens (primary N) is 1. The van der Waals surface area contributed by atoms with Crippen LogP contribution in [0.3, 0.4) is 0 Å². The van der Waals surface area contributed by atoms with Crippen molar-refractivity contribution in [3.8, 4) is 5.69 Å². The Hall–Kier alpha value is -2.24. The predicted octanol–water partition coefficient (Wildman–Crippen LogP) is 6.83. The van der Waals surface area contributed by atoms with Gasteiger partial charge in [-0.2, -0.15) is 5.10 Å². The Kier molecular flexibility index (Phi) is 5.11. The highest BCUT2D eigenvalue weighted by Gasteiger charge is 2.45. The van der Waals surface area contributed by atoms with E-state index < -0.39 is 0 Å². The molecule has 33 heavy (non-hydrogen) atoms. The average Bonchev–Trinajstić information content (AvgIpc) is 3.36. The number of aromatic nitrogens is 2. The van der Waals surface area contributed by atoms with Crippen molar-refractivity contribution in [2.45, 2.75) is 25.3 Å². The fourth-order valence-corrected chi connectivity index (χ4v) is 6.20. The molecule has 1 saturated heterocycles. The molecule has 4 nitrogen and oxygen atoms in total. The Morgan fingerprint density at radius 1 is 0.939 bits per heavy atom. The van der Waals surface area contributed by atoms with E-state index in [0.717, 1.165) is 54.6 Å². The lowest BCUT2D eigenvalue weighted by Gasteiger charge is -2.43. The predicted molar refractivity (Wildman–Crippen MR) is 137 cm³/mol. The summed E-state index contributed by atoms with van der Waals surface area (Å²) in [5.74, 6) is 0. The highest BCUT2D eigenvalue weighted by Crippen LogP contribution is 2.51. The molecule has 3 aromatic carbocycles. The van der Waals surface area contributed by atoms with Crippen molar-refractivity contribution in [1.82, 2.24) is 9.78 Å². The standard InChI is InChI=1S/C26H23Cl3N4/c27-20-6-3-7-23(24(20)29)33-15-19-21(28)12-17(13-22(19)31-33)32-10-8-26(9-11-32)14-16-4-1-2-5-18(16)25(26)30/h1-7,12-13,15,25H,8-11,14,30H2/t25-/m1/s1. The molecular formula is C26H23Cl3N4. The van der Waals surface area contributed by atoms with Crippen LogP contribution in [0.4, 0.5) is 5.69 Å². The fraction of sp³-hybridized carbons (Fsp3) is 0.269. The number of halogens is 3. The van der Waals surface area contributed by atoms with Crippen molar-refractivity contribution < 1.29 is 0 Å². The van der Waals surface area contributed by atoms with Crippen LogP contribution in [0.25, 0.3) is 16.6 Å². The van der Waals surface area contributed by atoms with E-state index in [-0.39, 0.29) is 11.5 Å². The lowest BCUT2D eigenvalue weighted by molar-refractivity contribution is 0.188. The van der Waals surface area contributed by atoms with Crippen LogP contribution in [0.15, 0.2) is 60.8 Å². The quantitative estimate of drug-likeness (QED) is 0.330. The van der Waals surface area contributed by atoms with Gasteiger partial charge in [-0.05, 0) is 60.1 Å². The maximum absolute atomic E-state index is 6.75. The number of piperidine rings is 1. The molecule has 6 rings (SSSR count). The molecule has 2 heterocycles. The van der Waals surface area contributed by atoms with Crippen molar-refractivity contribution in [3.05, 3.63) is 87.0 Å². The summed E-state index contributed by atoms with van der Waals surface area (Å²) >= 11 is 19.3. The zero-order valence-corrected chi connectivity index (χ0v) is 20.2.